The third kappa shape index (κ3) is 3.30. The minimum Gasteiger partial charge on any atom is -0.370 e. The standard InChI is InChI=1S/C16H25N3O/c1-4-16(3)9-11-19(12-10-16)15(20)13-7-6-8-14(18-13)17-5-2/h6-8H,4-5,9-12H2,1-3H3,(H,17,18). The van der Waals surface area contributed by atoms with Gasteiger partial charge in [-0.05, 0) is 37.3 Å². The van der Waals surface area contributed by atoms with Crippen LogP contribution in [0.2, 0.25) is 0 Å². The molecular weight excluding hydrogens is 250 g/mol. The molecule has 0 spiro atoms. The number of likely N-dealkylation sites (tertiary alicyclic amines) is 1. The first-order valence-electron chi connectivity index (χ1n) is 7.58. The zero-order chi connectivity index (χ0) is 14.6. The second-order valence-corrected chi connectivity index (χ2v) is 5.89. The molecule has 4 nitrogen and oxygen atoms in total. The van der Waals surface area contributed by atoms with Gasteiger partial charge in [0.2, 0.25) is 0 Å². The zero-order valence-corrected chi connectivity index (χ0v) is 12.8. The lowest BCUT2D eigenvalue weighted by Crippen LogP contribution is -2.42. The molecule has 1 fully saturated rings. The van der Waals surface area contributed by atoms with Gasteiger partial charge in [-0.1, -0.05) is 26.3 Å². The molecule has 4 heteroatoms. The highest BCUT2D eigenvalue weighted by Gasteiger charge is 2.30. The van der Waals surface area contributed by atoms with Crippen LogP contribution in [0.25, 0.3) is 0 Å². The van der Waals surface area contributed by atoms with Gasteiger partial charge in [-0.3, -0.25) is 4.79 Å². The molecule has 1 saturated heterocycles. The van der Waals surface area contributed by atoms with E-state index in [9.17, 15) is 4.79 Å². The highest BCUT2D eigenvalue weighted by molar-refractivity contribution is 5.92. The number of aromatic nitrogens is 1. The summed E-state index contributed by atoms with van der Waals surface area (Å²) in [4.78, 5) is 18.8. The van der Waals surface area contributed by atoms with Crippen LogP contribution in [0.4, 0.5) is 5.82 Å². The highest BCUT2D eigenvalue weighted by Crippen LogP contribution is 2.34. The lowest BCUT2D eigenvalue weighted by molar-refractivity contribution is 0.0595. The SMILES string of the molecule is CCNc1cccc(C(=O)N2CCC(C)(CC)CC2)n1. The van der Waals surface area contributed by atoms with E-state index in [1.54, 1.807) is 6.07 Å². The first-order chi connectivity index (χ1) is 9.58. The number of nitrogens with zero attached hydrogens (tertiary/aromatic N) is 2. The molecule has 0 radical (unpaired) electrons. The molecule has 2 rings (SSSR count). The number of nitrogens with one attached hydrogen (secondary N) is 1. The van der Waals surface area contributed by atoms with Crippen LogP contribution < -0.4 is 5.32 Å². The van der Waals surface area contributed by atoms with Gasteiger partial charge in [0.25, 0.3) is 5.91 Å². The Bertz CT molecular complexity index is 465. The van der Waals surface area contributed by atoms with Crippen LogP contribution in [0, 0.1) is 5.41 Å². The quantitative estimate of drug-likeness (QED) is 0.918. The van der Waals surface area contributed by atoms with Crippen molar-refractivity contribution < 1.29 is 4.79 Å². The van der Waals surface area contributed by atoms with Crippen molar-refractivity contribution in [2.24, 2.45) is 5.41 Å². The van der Waals surface area contributed by atoms with E-state index in [1.807, 2.05) is 24.0 Å². The fourth-order valence-corrected chi connectivity index (χ4v) is 2.60. The van der Waals surface area contributed by atoms with Crippen LogP contribution in [0.15, 0.2) is 18.2 Å². The normalized spacial score (nSPS) is 17.9. The van der Waals surface area contributed by atoms with Crippen molar-refractivity contribution >= 4 is 11.7 Å². The summed E-state index contributed by atoms with van der Waals surface area (Å²) in [5.74, 6) is 0.830. The number of carbonyl (C=O) groups is 1. The van der Waals surface area contributed by atoms with Crippen LogP contribution in [-0.2, 0) is 0 Å². The summed E-state index contributed by atoms with van der Waals surface area (Å²) in [5, 5.41) is 3.15. The van der Waals surface area contributed by atoms with Gasteiger partial charge in [0.1, 0.15) is 11.5 Å². The minimum absolute atomic E-state index is 0.0582. The summed E-state index contributed by atoms with van der Waals surface area (Å²) in [6.07, 6.45) is 3.35. The molecule has 1 amide bonds. The fraction of sp³-hybridized carbons (Fsp3) is 0.625. The molecule has 1 aromatic heterocycles. The first-order valence-corrected chi connectivity index (χ1v) is 7.58. The summed E-state index contributed by atoms with van der Waals surface area (Å²) in [7, 11) is 0. The maximum Gasteiger partial charge on any atom is 0.272 e. The number of carbonyl (C=O) groups excluding carboxylic acids is 1. The summed E-state index contributed by atoms with van der Waals surface area (Å²) in [5.41, 5.74) is 0.944. The molecule has 0 aliphatic carbocycles. The van der Waals surface area contributed by atoms with E-state index in [4.69, 9.17) is 0 Å². The highest BCUT2D eigenvalue weighted by atomic mass is 16.2. The predicted molar refractivity (Wildman–Crippen MR) is 81.9 cm³/mol. The monoisotopic (exact) mass is 275 g/mol. The number of amides is 1. The van der Waals surface area contributed by atoms with Crippen molar-refractivity contribution in [3.8, 4) is 0 Å². The molecule has 0 unspecified atom stereocenters. The lowest BCUT2D eigenvalue weighted by Gasteiger charge is -2.38. The Labute approximate surface area is 121 Å². The van der Waals surface area contributed by atoms with Gasteiger partial charge in [-0.15, -0.1) is 0 Å². The van der Waals surface area contributed by atoms with Crippen molar-refractivity contribution in [3.63, 3.8) is 0 Å². The Morgan fingerprint density at radius 1 is 1.35 bits per heavy atom. The lowest BCUT2D eigenvalue weighted by atomic mass is 9.78. The van der Waals surface area contributed by atoms with Crippen molar-refractivity contribution in [2.75, 3.05) is 25.0 Å². The molecule has 1 aromatic rings. The van der Waals surface area contributed by atoms with Crippen LogP contribution >= 0.6 is 0 Å². The zero-order valence-electron chi connectivity index (χ0n) is 12.8. The van der Waals surface area contributed by atoms with Crippen LogP contribution in [0.1, 0.15) is 50.5 Å². The molecule has 0 saturated carbocycles. The van der Waals surface area contributed by atoms with E-state index in [2.05, 4.69) is 24.1 Å². The number of anilines is 1. The third-order valence-electron chi connectivity index (χ3n) is 4.44. The van der Waals surface area contributed by atoms with E-state index in [0.29, 0.717) is 11.1 Å². The number of pyridine rings is 1. The summed E-state index contributed by atoms with van der Waals surface area (Å²) in [6.45, 7) is 9.07. The maximum atomic E-state index is 12.5. The van der Waals surface area contributed by atoms with E-state index in [1.165, 1.54) is 6.42 Å². The van der Waals surface area contributed by atoms with E-state index >= 15 is 0 Å². The second kappa shape index (κ2) is 6.25. The molecule has 0 atom stereocenters. The molecule has 1 aliphatic heterocycles. The summed E-state index contributed by atoms with van der Waals surface area (Å²) in [6, 6.07) is 5.58. The average molecular weight is 275 g/mol. The molecule has 2 heterocycles. The van der Waals surface area contributed by atoms with E-state index in [-0.39, 0.29) is 5.91 Å². The molecule has 0 bridgehead atoms. The van der Waals surface area contributed by atoms with E-state index < -0.39 is 0 Å². The van der Waals surface area contributed by atoms with Crippen molar-refractivity contribution in [2.45, 2.75) is 40.0 Å². The number of rotatable bonds is 4. The minimum atomic E-state index is 0.0582. The van der Waals surface area contributed by atoms with Gasteiger partial charge >= 0.3 is 0 Å². The summed E-state index contributed by atoms with van der Waals surface area (Å²) < 4.78 is 0. The van der Waals surface area contributed by atoms with E-state index in [0.717, 1.165) is 38.3 Å². The van der Waals surface area contributed by atoms with Gasteiger partial charge in [0.15, 0.2) is 0 Å². The largest absolute Gasteiger partial charge is 0.370 e. The molecule has 1 N–H and O–H groups in total. The van der Waals surface area contributed by atoms with Crippen LogP contribution in [0.5, 0.6) is 0 Å². The third-order valence-corrected chi connectivity index (χ3v) is 4.44. The van der Waals surface area contributed by atoms with Crippen LogP contribution in [0.3, 0.4) is 0 Å². The molecule has 1 aliphatic rings. The first kappa shape index (κ1) is 14.8. The Morgan fingerprint density at radius 2 is 2.05 bits per heavy atom. The summed E-state index contributed by atoms with van der Waals surface area (Å²) >= 11 is 0. The fourth-order valence-electron chi connectivity index (χ4n) is 2.60. The Hall–Kier alpha value is -1.58. The molecular formula is C16H25N3O. The second-order valence-electron chi connectivity index (χ2n) is 5.89. The van der Waals surface area contributed by atoms with Gasteiger partial charge in [-0.2, -0.15) is 0 Å². The molecule has 110 valence electrons. The Kier molecular flexibility index (Phi) is 4.63. The van der Waals surface area contributed by atoms with Gasteiger partial charge in [0.05, 0.1) is 0 Å². The maximum absolute atomic E-state index is 12.5. The molecule has 0 aromatic carbocycles. The number of hydrogen-bond acceptors (Lipinski definition) is 3. The smallest absolute Gasteiger partial charge is 0.272 e. The van der Waals surface area contributed by atoms with Crippen molar-refractivity contribution in [3.05, 3.63) is 23.9 Å². The Morgan fingerprint density at radius 3 is 2.65 bits per heavy atom. The van der Waals surface area contributed by atoms with Gasteiger partial charge in [-0.25, -0.2) is 4.98 Å². The predicted octanol–water partition coefficient (Wildman–Crippen LogP) is 3.17. The van der Waals surface area contributed by atoms with Crippen molar-refractivity contribution in [1.29, 1.82) is 0 Å². The number of hydrogen-bond donors (Lipinski definition) is 1. The number of piperidine rings is 1. The Balaban J connectivity index is 2.03. The van der Waals surface area contributed by atoms with Gasteiger partial charge < -0.3 is 10.2 Å². The van der Waals surface area contributed by atoms with Gasteiger partial charge in [0, 0.05) is 19.6 Å². The van der Waals surface area contributed by atoms with Crippen molar-refractivity contribution in [1.82, 2.24) is 9.88 Å². The topological polar surface area (TPSA) is 45.2 Å². The molecule has 20 heavy (non-hydrogen) atoms. The van der Waals surface area contributed by atoms with Crippen LogP contribution in [-0.4, -0.2) is 35.4 Å². The average Bonchev–Trinajstić information content (AvgIpc) is 2.48.